The number of ketones is 1. The maximum Gasteiger partial charge on any atom is 0.320 e. The lowest BCUT2D eigenvalue weighted by Crippen LogP contribution is -2.40. The summed E-state index contributed by atoms with van der Waals surface area (Å²) in [5, 5.41) is 5.92. The van der Waals surface area contributed by atoms with Crippen LogP contribution in [0.15, 0.2) is 36.9 Å². The van der Waals surface area contributed by atoms with Crippen molar-refractivity contribution in [3.05, 3.63) is 42.5 Å². The monoisotopic (exact) mass is 348 g/mol. The summed E-state index contributed by atoms with van der Waals surface area (Å²) in [5.41, 5.74) is 1.56. The van der Waals surface area contributed by atoms with Crippen LogP contribution in [0.1, 0.15) is 18.5 Å². The Morgan fingerprint density at radius 3 is 2.36 bits per heavy atom. The first-order valence-electron chi connectivity index (χ1n) is 7.80. The highest BCUT2D eigenvalue weighted by molar-refractivity contribution is 5.98. The van der Waals surface area contributed by atoms with Crippen LogP contribution in [0.2, 0.25) is 0 Å². The fraction of sp³-hybridized carbons (Fsp3) is 0.389. The van der Waals surface area contributed by atoms with Crippen LogP contribution in [0, 0.1) is 5.92 Å². The van der Waals surface area contributed by atoms with Gasteiger partial charge in [0.05, 0.1) is 19.7 Å². The molecule has 2 N–H and O–H groups in total. The minimum Gasteiger partial charge on any atom is -0.468 e. The summed E-state index contributed by atoms with van der Waals surface area (Å²) >= 11 is 0. The summed E-state index contributed by atoms with van der Waals surface area (Å²) in [5.74, 6) is -2.61. The molecule has 0 aliphatic rings. The number of carbonyl (C=O) groups is 3. The molecular weight excluding hydrogens is 324 g/mol. The van der Waals surface area contributed by atoms with E-state index in [0.29, 0.717) is 5.56 Å². The summed E-state index contributed by atoms with van der Waals surface area (Å²) in [6.07, 6.45) is 1.46. The number of rotatable bonds is 10. The minimum atomic E-state index is -1.07. The highest BCUT2D eigenvalue weighted by Crippen LogP contribution is 2.25. The molecule has 0 amide bonds. The Bertz CT molecular complexity index is 612. The summed E-state index contributed by atoms with van der Waals surface area (Å²) in [6.45, 7) is 4.71. The van der Waals surface area contributed by atoms with E-state index in [2.05, 4.69) is 17.2 Å². The highest BCUT2D eigenvalue weighted by atomic mass is 16.5. The molecule has 2 atom stereocenters. The average Bonchev–Trinajstić information content (AvgIpc) is 2.62. The van der Waals surface area contributed by atoms with Gasteiger partial charge in [-0.1, -0.05) is 24.8 Å². The molecule has 25 heavy (non-hydrogen) atoms. The molecular formula is C18H24N2O5. The molecule has 0 aliphatic carbocycles. The van der Waals surface area contributed by atoms with Crippen LogP contribution in [-0.2, 0) is 23.9 Å². The molecule has 0 fully saturated rings. The van der Waals surface area contributed by atoms with Gasteiger partial charge in [-0.25, -0.2) is 0 Å². The summed E-state index contributed by atoms with van der Waals surface area (Å²) in [4.78, 5) is 35.8. The first kappa shape index (κ1) is 20.4. The number of carbonyl (C=O) groups excluding carboxylic acids is 3. The van der Waals surface area contributed by atoms with Gasteiger partial charge < -0.3 is 14.8 Å². The van der Waals surface area contributed by atoms with Crippen LogP contribution in [0.4, 0.5) is 5.69 Å². The van der Waals surface area contributed by atoms with Crippen LogP contribution in [-0.4, -0.2) is 45.0 Å². The first-order chi connectivity index (χ1) is 11.9. The largest absolute Gasteiger partial charge is 0.468 e. The predicted molar refractivity (Wildman–Crippen MR) is 94.1 cm³/mol. The molecule has 0 spiro atoms. The lowest BCUT2D eigenvalue weighted by molar-refractivity contribution is -0.151. The van der Waals surface area contributed by atoms with E-state index in [1.54, 1.807) is 19.2 Å². The van der Waals surface area contributed by atoms with Crippen LogP contribution in [0.25, 0.3) is 0 Å². The third kappa shape index (κ3) is 6.04. The number of esters is 2. The standard InChI is InChI=1S/C18H24N2O5/c1-5-10-25-15(22)11-20-17(16(12(2)21)18(23)24-4)13-6-8-14(19-3)9-7-13/h5-9,16-17,19-20H,1,10-11H2,2-4H3. The van der Waals surface area contributed by atoms with E-state index in [9.17, 15) is 14.4 Å². The molecule has 0 bridgehead atoms. The number of Topliss-reactive ketones (excluding diaryl/α,β-unsaturated/α-hetero) is 1. The van der Waals surface area contributed by atoms with Crippen molar-refractivity contribution in [2.24, 2.45) is 5.92 Å². The van der Waals surface area contributed by atoms with E-state index in [0.717, 1.165) is 5.69 Å². The number of methoxy groups -OCH3 is 1. The summed E-state index contributed by atoms with van der Waals surface area (Å²) in [6, 6.07) is 6.46. The van der Waals surface area contributed by atoms with Crippen molar-refractivity contribution in [1.29, 1.82) is 0 Å². The normalized spacial score (nSPS) is 12.6. The second-order valence-corrected chi connectivity index (χ2v) is 5.31. The molecule has 1 aromatic rings. The van der Waals surface area contributed by atoms with Crippen molar-refractivity contribution < 1.29 is 23.9 Å². The van der Waals surface area contributed by atoms with Crippen molar-refractivity contribution >= 4 is 23.4 Å². The number of nitrogens with one attached hydrogen (secondary N) is 2. The molecule has 0 saturated heterocycles. The van der Waals surface area contributed by atoms with Crippen molar-refractivity contribution in [3.8, 4) is 0 Å². The lowest BCUT2D eigenvalue weighted by atomic mass is 9.89. The van der Waals surface area contributed by atoms with E-state index in [4.69, 9.17) is 9.47 Å². The van der Waals surface area contributed by atoms with Gasteiger partial charge in [0, 0.05) is 12.7 Å². The third-order valence-electron chi connectivity index (χ3n) is 3.61. The fourth-order valence-electron chi connectivity index (χ4n) is 2.35. The zero-order valence-corrected chi connectivity index (χ0v) is 14.7. The van der Waals surface area contributed by atoms with Crippen LogP contribution < -0.4 is 10.6 Å². The second-order valence-electron chi connectivity index (χ2n) is 5.31. The zero-order valence-electron chi connectivity index (χ0n) is 14.7. The topological polar surface area (TPSA) is 93.7 Å². The van der Waals surface area contributed by atoms with Crippen molar-refractivity contribution in [2.45, 2.75) is 13.0 Å². The lowest BCUT2D eigenvalue weighted by Gasteiger charge is -2.25. The van der Waals surface area contributed by atoms with Crippen molar-refractivity contribution in [1.82, 2.24) is 5.32 Å². The number of hydrogen-bond acceptors (Lipinski definition) is 7. The van der Waals surface area contributed by atoms with Gasteiger partial charge in [0.1, 0.15) is 18.3 Å². The van der Waals surface area contributed by atoms with Gasteiger partial charge >= 0.3 is 11.9 Å². The molecule has 0 heterocycles. The van der Waals surface area contributed by atoms with Gasteiger partial charge in [-0.2, -0.15) is 0 Å². The van der Waals surface area contributed by atoms with Gasteiger partial charge in [0.25, 0.3) is 0 Å². The van der Waals surface area contributed by atoms with Crippen molar-refractivity contribution in [2.75, 3.05) is 32.6 Å². The van der Waals surface area contributed by atoms with Crippen LogP contribution in [0.5, 0.6) is 0 Å². The van der Waals surface area contributed by atoms with Crippen LogP contribution in [0.3, 0.4) is 0 Å². The molecule has 1 aromatic carbocycles. The van der Waals surface area contributed by atoms with Gasteiger partial charge in [0.2, 0.25) is 0 Å². The Hall–Kier alpha value is -2.67. The SMILES string of the molecule is C=CCOC(=O)CNC(c1ccc(NC)cc1)C(C(C)=O)C(=O)OC. The van der Waals surface area contributed by atoms with Crippen molar-refractivity contribution in [3.63, 3.8) is 0 Å². The third-order valence-corrected chi connectivity index (χ3v) is 3.61. The predicted octanol–water partition coefficient (Wildman–Crippen LogP) is 1.47. The molecule has 136 valence electrons. The van der Waals surface area contributed by atoms with E-state index < -0.39 is 23.9 Å². The number of anilines is 1. The van der Waals surface area contributed by atoms with E-state index >= 15 is 0 Å². The quantitative estimate of drug-likeness (QED) is 0.376. The van der Waals surface area contributed by atoms with Gasteiger partial charge in [-0.05, 0) is 24.6 Å². The molecule has 0 aromatic heterocycles. The number of hydrogen-bond donors (Lipinski definition) is 2. The number of ether oxygens (including phenoxy) is 2. The zero-order chi connectivity index (χ0) is 18.8. The van der Waals surface area contributed by atoms with Gasteiger partial charge in [-0.15, -0.1) is 0 Å². The van der Waals surface area contributed by atoms with E-state index in [1.807, 2.05) is 12.1 Å². The first-order valence-corrected chi connectivity index (χ1v) is 7.80. The van der Waals surface area contributed by atoms with Gasteiger partial charge in [-0.3, -0.25) is 19.7 Å². The maximum atomic E-state index is 12.1. The molecule has 0 radical (unpaired) electrons. The van der Waals surface area contributed by atoms with Crippen LogP contribution >= 0.6 is 0 Å². The average molecular weight is 348 g/mol. The summed E-state index contributed by atoms with van der Waals surface area (Å²) < 4.78 is 9.66. The molecule has 7 heteroatoms. The highest BCUT2D eigenvalue weighted by Gasteiger charge is 2.34. The maximum absolute atomic E-state index is 12.1. The molecule has 1 rings (SSSR count). The smallest absolute Gasteiger partial charge is 0.320 e. The Morgan fingerprint density at radius 1 is 1.24 bits per heavy atom. The Morgan fingerprint density at radius 2 is 1.88 bits per heavy atom. The molecule has 0 saturated carbocycles. The van der Waals surface area contributed by atoms with E-state index in [1.165, 1.54) is 20.1 Å². The Kier molecular flexibility index (Phi) is 8.35. The number of benzene rings is 1. The van der Waals surface area contributed by atoms with E-state index in [-0.39, 0.29) is 18.9 Å². The Balaban J connectivity index is 3.06. The minimum absolute atomic E-state index is 0.0924. The Labute approximate surface area is 147 Å². The molecule has 2 unspecified atom stereocenters. The second kappa shape index (κ2) is 10.2. The summed E-state index contributed by atoms with van der Waals surface area (Å²) in [7, 11) is 3.00. The molecule has 0 aliphatic heterocycles. The molecule has 7 nitrogen and oxygen atoms in total. The van der Waals surface area contributed by atoms with Gasteiger partial charge in [0.15, 0.2) is 0 Å². The fourth-order valence-corrected chi connectivity index (χ4v) is 2.35.